The Morgan fingerprint density at radius 1 is 1.18 bits per heavy atom. The highest BCUT2D eigenvalue weighted by molar-refractivity contribution is 5.23. The number of pyridine rings is 1. The highest BCUT2D eigenvalue weighted by atomic mass is 19.1. The molecule has 3 nitrogen and oxygen atoms in total. The van der Waals surface area contributed by atoms with Crippen LogP contribution < -0.4 is 4.74 Å². The van der Waals surface area contributed by atoms with E-state index in [0.29, 0.717) is 12.5 Å². The third-order valence-electron chi connectivity index (χ3n) is 2.26. The maximum atomic E-state index is 12.6. The van der Waals surface area contributed by atoms with Gasteiger partial charge in [-0.1, -0.05) is 24.3 Å². The monoisotopic (exact) mass is 233 g/mol. The van der Waals surface area contributed by atoms with Crippen molar-refractivity contribution >= 4 is 0 Å². The summed E-state index contributed by atoms with van der Waals surface area (Å²) in [7, 11) is 0. The molecule has 0 aliphatic carbocycles. The molecule has 0 saturated heterocycles. The second kappa shape index (κ2) is 5.41. The number of ether oxygens (including phenoxy) is 1. The van der Waals surface area contributed by atoms with Crippen LogP contribution in [0.25, 0.3) is 0 Å². The molecule has 1 heterocycles. The van der Waals surface area contributed by atoms with Gasteiger partial charge in [0.1, 0.15) is 12.4 Å². The van der Waals surface area contributed by atoms with Crippen molar-refractivity contribution in [1.82, 2.24) is 4.98 Å². The van der Waals surface area contributed by atoms with Gasteiger partial charge in [0.15, 0.2) is 0 Å². The highest BCUT2D eigenvalue weighted by Gasteiger charge is 1.99. The summed E-state index contributed by atoms with van der Waals surface area (Å²) in [6, 6.07) is 10.2. The minimum absolute atomic E-state index is 0.00262. The van der Waals surface area contributed by atoms with Crippen LogP contribution in [-0.4, -0.2) is 10.1 Å². The molecule has 0 amide bonds. The molecule has 0 saturated carbocycles. The first-order chi connectivity index (χ1) is 8.28. The van der Waals surface area contributed by atoms with E-state index in [1.807, 2.05) is 24.3 Å². The molecular weight excluding hydrogens is 221 g/mol. The zero-order valence-corrected chi connectivity index (χ0v) is 9.14. The number of hydrogen-bond acceptors (Lipinski definition) is 3. The zero-order valence-electron chi connectivity index (χ0n) is 9.14. The fourth-order valence-corrected chi connectivity index (χ4v) is 1.42. The lowest BCUT2D eigenvalue weighted by molar-refractivity contribution is 0.279. The molecule has 2 aromatic rings. The smallest absolute Gasteiger partial charge is 0.213 e. The number of halogens is 1. The van der Waals surface area contributed by atoms with Gasteiger partial charge in [-0.3, -0.25) is 0 Å². The molecular formula is C13H12FNO2. The van der Waals surface area contributed by atoms with E-state index < -0.39 is 0 Å². The topological polar surface area (TPSA) is 42.4 Å². The number of hydrogen-bond donors (Lipinski definition) is 1. The summed E-state index contributed by atoms with van der Waals surface area (Å²) >= 11 is 0. The Morgan fingerprint density at radius 3 is 2.71 bits per heavy atom. The summed E-state index contributed by atoms with van der Waals surface area (Å²) in [6.45, 7) is 0.342. The van der Waals surface area contributed by atoms with Gasteiger partial charge < -0.3 is 9.84 Å². The molecule has 17 heavy (non-hydrogen) atoms. The van der Waals surface area contributed by atoms with Gasteiger partial charge in [-0.2, -0.15) is 0 Å². The molecule has 0 aliphatic rings. The molecule has 2 rings (SSSR count). The van der Waals surface area contributed by atoms with Crippen LogP contribution in [-0.2, 0) is 13.2 Å². The number of aliphatic hydroxyl groups excluding tert-OH is 1. The van der Waals surface area contributed by atoms with Crippen molar-refractivity contribution in [2.75, 3.05) is 0 Å². The standard InChI is InChI=1S/C13H12FNO2/c14-12-4-5-13(15-7-12)17-9-11-3-1-2-10(6-11)8-16/h1-7,16H,8-9H2. The van der Waals surface area contributed by atoms with Gasteiger partial charge in [-0.05, 0) is 17.2 Å². The molecule has 1 N–H and O–H groups in total. The minimum Gasteiger partial charge on any atom is -0.473 e. The van der Waals surface area contributed by atoms with Crippen LogP contribution >= 0.6 is 0 Å². The number of nitrogens with zero attached hydrogens (tertiary/aromatic N) is 1. The van der Waals surface area contributed by atoms with Crippen molar-refractivity contribution in [2.24, 2.45) is 0 Å². The summed E-state index contributed by atoms with van der Waals surface area (Å²) in [5, 5.41) is 8.98. The van der Waals surface area contributed by atoms with Gasteiger partial charge in [0, 0.05) is 6.07 Å². The van der Waals surface area contributed by atoms with E-state index >= 15 is 0 Å². The summed E-state index contributed by atoms with van der Waals surface area (Å²) < 4.78 is 18.0. The third-order valence-corrected chi connectivity index (χ3v) is 2.26. The second-order valence-electron chi connectivity index (χ2n) is 3.58. The lowest BCUT2D eigenvalue weighted by Gasteiger charge is -2.06. The second-order valence-corrected chi connectivity index (χ2v) is 3.58. The Morgan fingerprint density at radius 2 is 2.00 bits per heavy atom. The third kappa shape index (κ3) is 3.26. The average Bonchev–Trinajstić information content (AvgIpc) is 2.38. The fraction of sp³-hybridized carbons (Fsp3) is 0.154. The summed E-state index contributed by atoms with van der Waals surface area (Å²) in [6.07, 6.45) is 1.11. The van der Waals surface area contributed by atoms with Crippen molar-refractivity contribution < 1.29 is 14.2 Å². The van der Waals surface area contributed by atoms with Crippen LogP contribution in [0.15, 0.2) is 42.6 Å². The quantitative estimate of drug-likeness (QED) is 0.881. The van der Waals surface area contributed by atoms with E-state index in [9.17, 15) is 4.39 Å². The number of benzene rings is 1. The number of aromatic nitrogens is 1. The predicted octanol–water partition coefficient (Wildman–Crippen LogP) is 2.29. The average molecular weight is 233 g/mol. The van der Waals surface area contributed by atoms with Crippen LogP contribution in [0.4, 0.5) is 4.39 Å². The van der Waals surface area contributed by atoms with Crippen molar-refractivity contribution in [3.63, 3.8) is 0 Å². The molecule has 4 heteroatoms. The maximum absolute atomic E-state index is 12.6. The molecule has 0 aliphatic heterocycles. The first-order valence-electron chi connectivity index (χ1n) is 5.21. The maximum Gasteiger partial charge on any atom is 0.213 e. The molecule has 0 fully saturated rings. The van der Waals surface area contributed by atoms with Crippen molar-refractivity contribution in [2.45, 2.75) is 13.2 Å². The van der Waals surface area contributed by atoms with E-state index in [-0.39, 0.29) is 12.4 Å². The van der Waals surface area contributed by atoms with E-state index in [0.717, 1.165) is 17.3 Å². The van der Waals surface area contributed by atoms with E-state index in [2.05, 4.69) is 4.98 Å². The summed E-state index contributed by atoms with van der Waals surface area (Å²) in [4.78, 5) is 3.79. The Balaban J connectivity index is 1.99. The number of rotatable bonds is 4. The van der Waals surface area contributed by atoms with Crippen LogP contribution in [0, 0.1) is 5.82 Å². The molecule has 0 radical (unpaired) electrons. The Labute approximate surface area is 98.5 Å². The molecule has 0 atom stereocenters. The molecule has 0 bridgehead atoms. The lowest BCUT2D eigenvalue weighted by Crippen LogP contribution is -1.98. The fourth-order valence-electron chi connectivity index (χ4n) is 1.42. The van der Waals surface area contributed by atoms with Gasteiger partial charge in [-0.15, -0.1) is 0 Å². The van der Waals surface area contributed by atoms with E-state index in [1.165, 1.54) is 12.1 Å². The Hall–Kier alpha value is -1.94. The van der Waals surface area contributed by atoms with Gasteiger partial charge in [-0.25, -0.2) is 9.37 Å². The molecule has 0 unspecified atom stereocenters. The minimum atomic E-state index is -0.389. The van der Waals surface area contributed by atoms with Crippen molar-refractivity contribution in [1.29, 1.82) is 0 Å². The molecule has 0 spiro atoms. The SMILES string of the molecule is OCc1cccc(COc2ccc(F)cn2)c1. The van der Waals surface area contributed by atoms with E-state index in [1.54, 1.807) is 0 Å². The predicted molar refractivity (Wildman–Crippen MR) is 60.9 cm³/mol. The van der Waals surface area contributed by atoms with Crippen molar-refractivity contribution in [3.05, 3.63) is 59.5 Å². The van der Waals surface area contributed by atoms with Gasteiger partial charge in [0.25, 0.3) is 0 Å². The van der Waals surface area contributed by atoms with Crippen LogP contribution in [0.3, 0.4) is 0 Å². The molecule has 1 aromatic carbocycles. The normalized spacial score (nSPS) is 10.2. The highest BCUT2D eigenvalue weighted by Crippen LogP contribution is 2.11. The molecule has 1 aromatic heterocycles. The number of aliphatic hydroxyl groups is 1. The molecule has 88 valence electrons. The first-order valence-corrected chi connectivity index (χ1v) is 5.21. The lowest BCUT2D eigenvalue weighted by atomic mass is 10.1. The Kier molecular flexibility index (Phi) is 3.67. The van der Waals surface area contributed by atoms with Crippen LogP contribution in [0.5, 0.6) is 5.88 Å². The van der Waals surface area contributed by atoms with Crippen LogP contribution in [0.2, 0.25) is 0 Å². The van der Waals surface area contributed by atoms with Gasteiger partial charge in [0.05, 0.1) is 12.8 Å². The summed E-state index contributed by atoms with van der Waals surface area (Å²) in [5.74, 6) is -0.0135. The van der Waals surface area contributed by atoms with Crippen molar-refractivity contribution in [3.8, 4) is 5.88 Å². The van der Waals surface area contributed by atoms with Gasteiger partial charge >= 0.3 is 0 Å². The summed E-state index contributed by atoms with van der Waals surface area (Å²) in [5.41, 5.74) is 1.76. The van der Waals surface area contributed by atoms with E-state index in [4.69, 9.17) is 9.84 Å². The van der Waals surface area contributed by atoms with Gasteiger partial charge in [0.2, 0.25) is 5.88 Å². The first kappa shape index (κ1) is 11.5. The zero-order chi connectivity index (χ0) is 12.1. The largest absolute Gasteiger partial charge is 0.473 e. The Bertz CT molecular complexity index is 485. The van der Waals surface area contributed by atoms with Crippen LogP contribution in [0.1, 0.15) is 11.1 Å².